The number of hydrogen-bond acceptors (Lipinski definition) is 3. The summed E-state index contributed by atoms with van der Waals surface area (Å²) in [6.45, 7) is 5.63. The van der Waals surface area contributed by atoms with Gasteiger partial charge in [-0.05, 0) is 37.1 Å². The molecule has 1 saturated heterocycles. The molecular weight excluding hydrogens is 262 g/mol. The van der Waals surface area contributed by atoms with E-state index in [0.29, 0.717) is 18.0 Å². The molecule has 3 nitrogen and oxygen atoms in total. The zero-order valence-electron chi connectivity index (χ0n) is 12.1. The van der Waals surface area contributed by atoms with Crippen molar-refractivity contribution in [2.45, 2.75) is 39.5 Å². The smallest absolute Gasteiger partial charge is 0.387 e. The van der Waals surface area contributed by atoms with Gasteiger partial charge in [-0.15, -0.1) is 0 Å². The van der Waals surface area contributed by atoms with E-state index in [0.717, 1.165) is 18.8 Å². The van der Waals surface area contributed by atoms with Crippen LogP contribution in [0, 0.1) is 5.92 Å². The van der Waals surface area contributed by atoms with Gasteiger partial charge >= 0.3 is 6.61 Å². The monoisotopic (exact) mass is 284 g/mol. The van der Waals surface area contributed by atoms with E-state index in [1.807, 2.05) is 12.1 Å². The van der Waals surface area contributed by atoms with Gasteiger partial charge in [0.15, 0.2) is 0 Å². The van der Waals surface area contributed by atoms with Crippen LogP contribution in [-0.2, 0) is 0 Å². The molecule has 1 aliphatic rings. The topological polar surface area (TPSA) is 24.5 Å². The Labute approximate surface area is 118 Å². The summed E-state index contributed by atoms with van der Waals surface area (Å²) in [7, 11) is 0. The lowest BCUT2D eigenvalue weighted by molar-refractivity contribution is -0.0498. The molecule has 0 amide bonds. The Morgan fingerprint density at radius 3 is 2.45 bits per heavy atom. The first kappa shape index (κ1) is 15.0. The maximum absolute atomic E-state index is 12.2. The van der Waals surface area contributed by atoms with Crippen molar-refractivity contribution in [3.8, 4) is 5.75 Å². The highest BCUT2D eigenvalue weighted by atomic mass is 19.3. The fraction of sp³-hybridized carbons (Fsp3) is 0.600. The number of ether oxygens (including phenoxy) is 1. The van der Waals surface area contributed by atoms with Gasteiger partial charge in [-0.25, -0.2) is 0 Å². The second-order valence-electron chi connectivity index (χ2n) is 5.65. The van der Waals surface area contributed by atoms with Crippen LogP contribution in [0.25, 0.3) is 0 Å². The summed E-state index contributed by atoms with van der Waals surface area (Å²) in [5.74, 6) is 0.722. The Morgan fingerprint density at radius 2 is 1.90 bits per heavy atom. The number of rotatable bonds is 4. The van der Waals surface area contributed by atoms with Crippen LogP contribution in [0.3, 0.4) is 0 Å². The molecule has 1 N–H and O–H groups in total. The molecule has 5 heteroatoms. The lowest BCUT2D eigenvalue weighted by Gasteiger charge is -2.43. The first-order valence-corrected chi connectivity index (χ1v) is 7.02. The predicted molar refractivity (Wildman–Crippen MR) is 76.5 cm³/mol. The molecule has 1 heterocycles. The van der Waals surface area contributed by atoms with Crippen LogP contribution in [0.4, 0.5) is 14.5 Å². The van der Waals surface area contributed by atoms with E-state index >= 15 is 0 Å². The molecule has 1 aliphatic heterocycles. The van der Waals surface area contributed by atoms with E-state index in [1.165, 1.54) is 0 Å². The summed E-state index contributed by atoms with van der Waals surface area (Å²) in [4.78, 5) is 2.35. The molecule has 20 heavy (non-hydrogen) atoms. The van der Waals surface area contributed by atoms with Crippen molar-refractivity contribution in [1.82, 2.24) is 5.32 Å². The van der Waals surface area contributed by atoms with E-state index in [4.69, 9.17) is 0 Å². The quantitative estimate of drug-likeness (QED) is 0.919. The number of piperazine rings is 1. The minimum Gasteiger partial charge on any atom is -0.435 e. The molecule has 112 valence electrons. The predicted octanol–water partition coefficient (Wildman–Crippen LogP) is 3.11. The summed E-state index contributed by atoms with van der Waals surface area (Å²) in [6.07, 6.45) is 0. The van der Waals surface area contributed by atoms with Gasteiger partial charge in [0.25, 0.3) is 0 Å². The van der Waals surface area contributed by atoms with E-state index in [1.54, 1.807) is 12.1 Å². The second kappa shape index (κ2) is 6.39. The van der Waals surface area contributed by atoms with E-state index in [2.05, 4.69) is 35.7 Å². The largest absolute Gasteiger partial charge is 0.435 e. The average Bonchev–Trinajstić information content (AvgIpc) is 2.38. The van der Waals surface area contributed by atoms with Gasteiger partial charge in [0.1, 0.15) is 5.75 Å². The standard InChI is InChI=1S/C15H22F2N2O/c1-10(2)14-8-18-11(3)9-19(14)12-4-6-13(7-5-12)20-15(16)17/h4-7,10-11,14-15,18H,8-9H2,1-3H3. The van der Waals surface area contributed by atoms with Crippen molar-refractivity contribution in [3.05, 3.63) is 24.3 Å². The molecule has 0 spiro atoms. The number of benzene rings is 1. The van der Waals surface area contributed by atoms with Crippen LogP contribution < -0.4 is 15.0 Å². The maximum atomic E-state index is 12.2. The SMILES string of the molecule is CC1CN(c2ccc(OC(F)F)cc2)C(C(C)C)CN1. The minimum absolute atomic E-state index is 0.202. The van der Waals surface area contributed by atoms with Crippen LogP contribution in [0.2, 0.25) is 0 Å². The van der Waals surface area contributed by atoms with Crippen molar-refractivity contribution in [2.24, 2.45) is 5.92 Å². The second-order valence-corrected chi connectivity index (χ2v) is 5.65. The van der Waals surface area contributed by atoms with Crippen LogP contribution in [0.15, 0.2) is 24.3 Å². The third-order valence-corrected chi connectivity index (χ3v) is 3.71. The van der Waals surface area contributed by atoms with Gasteiger partial charge in [0, 0.05) is 30.9 Å². The van der Waals surface area contributed by atoms with Crippen LogP contribution >= 0.6 is 0 Å². The van der Waals surface area contributed by atoms with E-state index in [9.17, 15) is 8.78 Å². The van der Waals surface area contributed by atoms with Gasteiger partial charge in [-0.3, -0.25) is 0 Å². The molecule has 2 rings (SSSR count). The average molecular weight is 284 g/mol. The Morgan fingerprint density at radius 1 is 1.25 bits per heavy atom. The lowest BCUT2D eigenvalue weighted by atomic mass is 9.98. The molecule has 1 aromatic carbocycles. The summed E-state index contributed by atoms with van der Waals surface area (Å²) >= 11 is 0. The third kappa shape index (κ3) is 3.60. The number of hydrogen-bond donors (Lipinski definition) is 1. The van der Waals surface area contributed by atoms with Crippen molar-refractivity contribution in [2.75, 3.05) is 18.0 Å². The molecule has 0 saturated carbocycles. The minimum atomic E-state index is -2.77. The number of nitrogens with one attached hydrogen (secondary N) is 1. The van der Waals surface area contributed by atoms with Crippen LogP contribution in [0.1, 0.15) is 20.8 Å². The highest BCUT2D eigenvalue weighted by Crippen LogP contribution is 2.26. The molecule has 0 bridgehead atoms. The first-order chi connectivity index (χ1) is 9.47. The van der Waals surface area contributed by atoms with Gasteiger partial charge in [0.05, 0.1) is 0 Å². The Kier molecular flexibility index (Phi) is 4.81. The first-order valence-electron chi connectivity index (χ1n) is 7.02. The van der Waals surface area contributed by atoms with Crippen molar-refractivity contribution < 1.29 is 13.5 Å². The molecule has 1 fully saturated rings. The normalized spacial score (nSPS) is 23.4. The summed E-state index contributed by atoms with van der Waals surface area (Å²) in [5, 5.41) is 3.49. The maximum Gasteiger partial charge on any atom is 0.387 e. The number of alkyl halides is 2. The summed E-state index contributed by atoms with van der Waals surface area (Å²) in [6, 6.07) is 7.74. The molecule has 2 atom stereocenters. The molecule has 1 aromatic rings. The molecular formula is C15H22F2N2O. The van der Waals surface area contributed by atoms with E-state index < -0.39 is 6.61 Å². The molecule has 2 unspecified atom stereocenters. The van der Waals surface area contributed by atoms with Gasteiger partial charge in [0.2, 0.25) is 0 Å². The fourth-order valence-corrected chi connectivity index (χ4v) is 2.64. The van der Waals surface area contributed by atoms with E-state index in [-0.39, 0.29) is 5.75 Å². The zero-order chi connectivity index (χ0) is 14.7. The van der Waals surface area contributed by atoms with Gasteiger partial charge in [-0.1, -0.05) is 13.8 Å². The lowest BCUT2D eigenvalue weighted by Crippen LogP contribution is -2.57. The van der Waals surface area contributed by atoms with Gasteiger partial charge in [-0.2, -0.15) is 8.78 Å². The van der Waals surface area contributed by atoms with Crippen molar-refractivity contribution in [1.29, 1.82) is 0 Å². The Hall–Kier alpha value is -1.36. The third-order valence-electron chi connectivity index (χ3n) is 3.71. The molecule has 0 aliphatic carbocycles. The highest BCUT2D eigenvalue weighted by Gasteiger charge is 2.28. The van der Waals surface area contributed by atoms with Crippen molar-refractivity contribution in [3.63, 3.8) is 0 Å². The zero-order valence-corrected chi connectivity index (χ0v) is 12.1. The number of anilines is 1. The van der Waals surface area contributed by atoms with Crippen LogP contribution in [-0.4, -0.2) is 31.8 Å². The molecule has 0 aromatic heterocycles. The fourth-order valence-electron chi connectivity index (χ4n) is 2.64. The highest BCUT2D eigenvalue weighted by molar-refractivity contribution is 5.51. The van der Waals surface area contributed by atoms with Crippen molar-refractivity contribution >= 4 is 5.69 Å². The summed E-state index contributed by atoms with van der Waals surface area (Å²) in [5.41, 5.74) is 1.05. The molecule has 0 radical (unpaired) electrons. The van der Waals surface area contributed by atoms with Gasteiger partial charge < -0.3 is 15.0 Å². The Balaban J connectivity index is 2.14. The van der Waals surface area contributed by atoms with Crippen LogP contribution in [0.5, 0.6) is 5.75 Å². The Bertz CT molecular complexity index is 422. The number of nitrogens with zero attached hydrogens (tertiary/aromatic N) is 1. The number of halogens is 2. The summed E-state index contributed by atoms with van der Waals surface area (Å²) < 4.78 is 28.7.